The molecule has 3 N–H and O–H groups in total. The van der Waals surface area contributed by atoms with E-state index >= 15 is 0 Å². The first kappa shape index (κ1) is 20.5. The van der Waals surface area contributed by atoms with Gasteiger partial charge in [-0.15, -0.1) is 0 Å². The van der Waals surface area contributed by atoms with Gasteiger partial charge in [0, 0.05) is 18.2 Å². The monoisotopic (exact) mass is 375 g/mol. The summed E-state index contributed by atoms with van der Waals surface area (Å²) in [6.07, 6.45) is -6.36. The molecule has 0 fully saturated rings. The second-order valence-corrected chi connectivity index (χ2v) is 4.67. The van der Waals surface area contributed by atoms with Crippen molar-refractivity contribution < 1.29 is 41.2 Å². The summed E-state index contributed by atoms with van der Waals surface area (Å²) in [5.41, 5.74) is -3.64. The van der Waals surface area contributed by atoms with E-state index in [9.17, 15) is 41.3 Å². The van der Waals surface area contributed by atoms with E-state index in [0.717, 1.165) is 0 Å². The smallest absolute Gasteiger partial charge is 0.350 e. The third-order valence-corrected chi connectivity index (χ3v) is 2.93. The van der Waals surface area contributed by atoms with Gasteiger partial charge in [-0.25, -0.2) is 4.79 Å². The number of urea groups is 1. The fourth-order valence-electron chi connectivity index (χ4n) is 1.68. The first-order valence-corrected chi connectivity index (χ1v) is 6.45. The zero-order chi connectivity index (χ0) is 19.6. The molecule has 13 heteroatoms. The molecule has 0 saturated heterocycles. The number of nitrogens with zero attached hydrogens (tertiary/aromatic N) is 1. The predicted molar refractivity (Wildman–Crippen MR) is 71.8 cm³/mol. The number of carbonyl (C=O) groups is 1. The molecule has 0 aliphatic heterocycles. The Kier molecular flexibility index (Phi) is 5.52. The van der Waals surface area contributed by atoms with Crippen LogP contribution in [0.15, 0.2) is 18.2 Å². The maximum Gasteiger partial charge on any atom is 0.455 e. The summed E-state index contributed by atoms with van der Waals surface area (Å²) < 4.78 is 77.6. The van der Waals surface area contributed by atoms with Gasteiger partial charge < -0.3 is 15.7 Å². The van der Waals surface area contributed by atoms with Gasteiger partial charge in [-0.05, 0) is 13.0 Å². The van der Waals surface area contributed by atoms with Gasteiger partial charge in [-0.3, -0.25) is 10.1 Å². The number of alkyl halides is 6. The number of aliphatic hydroxyl groups is 1. The van der Waals surface area contributed by atoms with Crippen molar-refractivity contribution in [3.63, 3.8) is 0 Å². The van der Waals surface area contributed by atoms with Crippen LogP contribution in [0.25, 0.3) is 0 Å². The summed E-state index contributed by atoms with van der Waals surface area (Å²) in [4.78, 5) is 20.9. The lowest BCUT2D eigenvalue weighted by molar-refractivity contribution is -0.392. The van der Waals surface area contributed by atoms with Gasteiger partial charge in [0.25, 0.3) is 5.69 Å². The fourth-order valence-corrected chi connectivity index (χ4v) is 1.68. The van der Waals surface area contributed by atoms with E-state index in [1.54, 1.807) is 0 Å². The number of rotatable bonds is 5. The van der Waals surface area contributed by atoms with Crippen LogP contribution in [0.4, 0.5) is 42.5 Å². The van der Waals surface area contributed by atoms with Crippen LogP contribution in [0.5, 0.6) is 0 Å². The summed E-state index contributed by atoms with van der Waals surface area (Å²) in [5.74, 6) is -11.5. The van der Waals surface area contributed by atoms with E-state index in [-0.39, 0.29) is 18.7 Å². The molecule has 0 heterocycles. The van der Waals surface area contributed by atoms with E-state index in [1.165, 1.54) is 6.92 Å². The van der Waals surface area contributed by atoms with Crippen molar-refractivity contribution >= 4 is 17.4 Å². The molecule has 1 atom stereocenters. The molecule has 1 aromatic rings. The molecular weight excluding hydrogens is 364 g/mol. The summed E-state index contributed by atoms with van der Waals surface area (Å²) in [5, 5.41) is 23.6. The second-order valence-electron chi connectivity index (χ2n) is 4.67. The Bertz CT molecular complexity index is 677. The van der Waals surface area contributed by atoms with Crippen molar-refractivity contribution in [2.45, 2.75) is 24.9 Å². The molecule has 0 spiro atoms. The molecule has 1 rings (SSSR count). The maximum atomic E-state index is 13.7. The Morgan fingerprint density at radius 2 is 1.80 bits per heavy atom. The molecule has 0 bridgehead atoms. The molecule has 1 aromatic carbocycles. The van der Waals surface area contributed by atoms with Crippen molar-refractivity contribution in [3.05, 3.63) is 33.9 Å². The lowest BCUT2D eigenvalue weighted by Crippen LogP contribution is -2.53. The third-order valence-electron chi connectivity index (χ3n) is 2.93. The number of nitro benzene ring substituents is 1. The van der Waals surface area contributed by atoms with Crippen LogP contribution in [0, 0.1) is 10.1 Å². The molecule has 2 amide bonds. The highest BCUT2D eigenvalue weighted by molar-refractivity contribution is 5.91. The molecule has 0 saturated carbocycles. The van der Waals surface area contributed by atoms with Crippen LogP contribution in [0.1, 0.15) is 12.5 Å². The first-order chi connectivity index (χ1) is 11.3. The standard InChI is InChI=1S/C12H11F6N3O4/c1-2-19-9(22)20-7-4-3-6(5-8(7)21(24)25)10(13,14)11(15,23)12(16,17)18/h3-5,23H,2H2,1H3,(H2,19,20,22). The van der Waals surface area contributed by atoms with Crippen molar-refractivity contribution in [1.29, 1.82) is 0 Å². The van der Waals surface area contributed by atoms with Crippen molar-refractivity contribution in [2.75, 3.05) is 11.9 Å². The molecule has 140 valence electrons. The van der Waals surface area contributed by atoms with Gasteiger partial charge in [0.15, 0.2) is 0 Å². The predicted octanol–water partition coefficient (Wildman–Crippen LogP) is 3.05. The van der Waals surface area contributed by atoms with Crippen LogP contribution in [-0.2, 0) is 5.92 Å². The van der Waals surface area contributed by atoms with Gasteiger partial charge in [-0.2, -0.15) is 26.3 Å². The van der Waals surface area contributed by atoms with Gasteiger partial charge in [0.05, 0.1) is 4.92 Å². The van der Waals surface area contributed by atoms with Crippen LogP contribution in [0.2, 0.25) is 0 Å². The lowest BCUT2D eigenvalue weighted by Gasteiger charge is -2.30. The Morgan fingerprint density at radius 1 is 1.24 bits per heavy atom. The molecular formula is C12H11F6N3O4. The number of nitrogens with one attached hydrogen (secondary N) is 2. The number of nitro groups is 1. The average molecular weight is 375 g/mol. The minimum absolute atomic E-state index is 0.0716. The van der Waals surface area contributed by atoms with Gasteiger partial charge in [-0.1, -0.05) is 6.07 Å². The molecule has 0 aromatic heterocycles. The van der Waals surface area contributed by atoms with Crippen molar-refractivity contribution in [2.24, 2.45) is 0 Å². The molecule has 1 unspecified atom stereocenters. The van der Waals surface area contributed by atoms with Gasteiger partial charge in [0.2, 0.25) is 0 Å². The third kappa shape index (κ3) is 3.92. The number of hydrogen-bond acceptors (Lipinski definition) is 4. The SMILES string of the molecule is CCNC(=O)Nc1ccc(C(F)(F)C(O)(F)C(F)(F)F)cc1[N+](=O)[O-]. The Morgan fingerprint density at radius 3 is 2.24 bits per heavy atom. The van der Waals surface area contributed by atoms with Crippen LogP contribution in [-0.4, -0.2) is 34.6 Å². The lowest BCUT2D eigenvalue weighted by atomic mass is 9.99. The minimum Gasteiger partial charge on any atom is -0.350 e. The highest BCUT2D eigenvalue weighted by Gasteiger charge is 2.71. The Hall–Kier alpha value is -2.57. The van der Waals surface area contributed by atoms with Crippen LogP contribution >= 0.6 is 0 Å². The van der Waals surface area contributed by atoms with Crippen LogP contribution in [0.3, 0.4) is 0 Å². The average Bonchev–Trinajstić information content (AvgIpc) is 2.45. The zero-order valence-corrected chi connectivity index (χ0v) is 12.3. The highest BCUT2D eigenvalue weighted by atomic mass is 19.4. The zero-order valence-electron chi connectivity index (χ0n) is 12.3. The van der Waals surface area contributed by atoms with E-state index in [0.29, 0.717) is 6.07 Å². The fraction of sp³-hybridized carbons (Fsp3) is 0.417. The summed E-state index contributed by atoms with van der Waals surface area (Å²) in [6.45, 7) is 1.63. The summed E-state index contributed by atoms with van der Waals surface area (Å²) in [6, 6.07) is -0.312. The molecule has 0 radical (unpaired) electrons. The number of hydrogen-bond donors (Lipinski definition) is 3. The molecule has 0 aliphatic carbocycles. The quantitative estimate of drug-likeness (QED) is 0.418. The van der Waals surface area contributed by atoms with E-state index < -0.39 is 45.8 Å². The van der Waals surface area contributed by atoms with E-state index in [2.05, 4.69) is 5.32 Å². The first-order valence-electron chi connectivity index (χ1n) is 6.45. The van der Waals surface area contributed by atoms with Crippen LogP contribution < -0.4 is 10.6 Å². The normalized spacial score (nSPS) is 14.6. The number of anilines is 1. The Labute approximate surface area is 135 Å². The van der Waals surface area contributed by atoms with E-state index in [4.69, 9.17) is 5.11 Å². The number of halogens is 6. The molecule has 25 heavy (non-hydrogen) atoms. The van der Waals surface area contributed by atoms with Crippen molar-refractivity contribution in [3.8, 4) is 0 Å². The Balaban J connectivity index is 3.38. The van der Waals surface area contributed by atoms with E-state index in [1.807, 2.05) is 5.32 Å². The molecule has 0 aliphatic rings. The largest absolute Gasteiger partial charge is 0.455 e. The van der Waals surface area contributed by atoms with Gasteiger partial charge in [0.1, 0.15) is 5.69 Å². The minimum atomic E-state index is -6.36. The second kappa shape index (κ2) is 6.74. The number of amides is 2. The molecule has 7 nitrogen and oxygen atoms in total. The number of carbonyl (C=O) groups excluding carboxylic acids is 1. The number of benzene rings is 1. The summed E-state index contributed by atoms with van der Waals surface area (Å²) >= 11 is 0. The topological polar surface area (TPSA) is 104 Å². The summed E-state index contributed by atoms with van der Waals surface area (Å²) in [7, 11) is 0. The van der Waals surface area contributed by atoms with Gasteiger partial charge >= 0.3 is 24.0 Å². The maximum absolute atomic E-state index is 13.7. The highest BCUT2D eigenvalue weighted by Crippen LogP contribution is 2.49. The van der Waals surface area contributed by atoms with Crippen molar-refractivity contribution in [1.82, 2.24) is 5.32 Å².